The van der Waals surface area contributed by atoms with E-state index in [1.807, 2.05) is 5.38 Å². The summed E-state index contributed by atoms with van der Waals surface area (Å²) in [6, 6.07) is 0. The van der Waals surface area contributed by atoms with E-state index in [2.05, 4.69) is 15.4 Å². The Bertz CT molecular complexity index is 585. The summed E-state index contributed by atoms with van der Waals surface area (Å²) in [6.45, 7) is 1.29. The highest BCUT2D eigenvalue weighted by Gasteiger charge is 2.09. The fourth-order valence-corrected chi connectivity index (χ4v) is 2.21. The highest BCUT2D eigenvalue weighted by molar-refractivity contribution is 7.07. The van der Waals surface area contributed by atoms with Crippen molar-refractivity contribution < 1.29 is 4.74 Å². The summed E-state index contributed by atoms with van der Waals surface area (Å²) in [6.07, 6.45) is 1.53. The molecule has 8 heteroatoms. The first-order valence-electron chi connectivity index (χ1n) is 5.58. The SMILES string of the molecule is COCCn1ncc(NCc2cscn2)c(Cl)c1=O. The van der Waals surface area contributed by atoms with Gasteiger partial charge in [-0.3, -0.25) is 4.79 Å². The first-order valence-corrected chi connectivity index (χ1v) is 6.90. The van der Waals surface area contributed by atoms with E-state index in [1.54, 1.807) is 12.6 Å². The second-order valence-electron chi connectivity index (χ2n) is 3.73. The average molecular weight is 301 g/mol. The molecule has 19 heavy (non-hydrogen) atoms. The minimum Gasteiger partial charge on any atom is -0.383 e. The Hall–Kier alpha value is -1.44. The Morgan fingerprint density at radius 2 is 2.42 bits per heavy atom. The smallest absolute Gasteiger partial charge is 0.287 e. The molecule has 2 aromatic heterocycles. The molecule has 1 N–H and O–H groups in total. The van der Waals surface area contributed by atoms with Crippen LogP contribution in [0.1, 0.15) is 5.69 Å². The van der Waals surface area contributed by atoms with E-state index < -0.39 is 0 Å². The number of halogens is 1. The monoisotopic (exact) mass is 300 g/mol. The van der Waals surface area contributed by atoms with Crippen LogP contribution in [0.5, 0.6) is 0 Å². The number of ether oxygens (including phenoxy) is 1. The van der Waals surface area contributed by atoms with E-state index in [-0.39, 0.29) is 10.6 Å². The standard InChI is InChI=1S/C11H13ClN4O2S/c1-18-3-2-16-11(17)10(12)9(5-15-16)13-4-8-6-19-7-14-8/h5-7,13H,2-4H2,1H3. The quantitative estimate of drug-likeness (QED) is 0.878. The molecule has 0 saturated heterocycles. The van der Waals surface area contributed by atoms with Crippen molar-refractivity contribution in [1.82, 2.24) is 14.8 Å². The van der Waals surface area contributed by atoms with Crippen molar-refractivity contribution in [3.8, 4) is 0 Å². The largest absolute Gasteiger partial charge is 0.383 e. The zero-order chi connectivity index (χ0) is 13.7. The molecule has 0 radical (unpaired) electrons. The minimum absolute atomic E-state index is 0.126. The van der Waals surface area contributed by atoms with E-state index in [1.165, 1.54) is 22.2 Å². The molecule has 0 aliphatic heterocycles. The first kappa shape index (κ1) is 14.0. The molecule has 0 aliphatic rings. The number of nitrogens with zero attached hydrogens (tertiary/aromatic N) is 3. The molecular formula is C11H13ClN4O2S. The van der Waals surface area contributed by atoms with Gasteiger partial charge in [0.15, 0.2) is 0 Å². The lowest BCUT2D eigenvalue weighted by Crippen LogP contribution is -2.26. The van der Waals surface area contributed by atoms with Crippen LogP contribution < -0.4 is 10.9 Å². The predicted molar refractivity (Wildman–Crippen MR) is 74.8 cm³/mol. The lowest BCUT2D eigenvalue weighted by atomic mass is 10.4. The highest BCUT2D eigenvalue weighted by Crippen LogP contribution is 2.16. The van der Waals surface area contributed by atoms with Crippen LogP contribution in [0.2, 0.25) is 5.02 Å². The summed E-state index contributed by atoms with van der Waals surface area (Å²) in [5.74, 6) is 0. The molecule has 0 amide bonds. The van der Waals surface area contributed by atoms with Crippen molar-refractivity contribution in [3.63, 3.8) is 0 Å². The van der Waals surface area contributed by atoms with Crippen molar-refractivity contribution in [3.05, 3.63) is 38.2 Å². The zero-order valence-corrected chi connectivity index (χ0v) is 11.9. The van der Waals surface area contributed by atoms with Crippen LogP contribution in [0.3, 0.4) is 0 Å². The third-order valence-corrected chi connectivity index (χ3v) is 3.44. The highest BCUT2D eigenvalue weighted by atomic mass is 35.5. The molecule has 2 aromatic rings. The number of thiazole rings is 1. The van der Waals surface area contributed by atoms with Crippen molar-refractivity contribution >= 4 is 28.6 Å². The van der Waals surface area contributed by atoms with Gasteiger partial charge in [0.05, 0.1) is 42.8 Å². The van der Waals surface area contributed by atoms with E-state index in [9.17, 15) is 4.79 Å². The normalized spacial score (nSPS) is 10.6. The Morgan fingerprint density at radius 3 is 3.11 bits per heavy atom. The van der Waals surface area contributed by atoms with Gasteiger partial charge in [0.25, 0.3) is 5.56 Å². The van der Waals surface area contributed by atoms with Gasteiger partial charge in [-0.05, 0) is 0 Å². The van der Waals surface area contributed by atoms with Crippen molar-refractivity contribution in [2.24, 2.45) is 0 Å². The Kier molecular flexibility index (Phi) is 4.89. The van der Waals surface area contributed by atoms with Gasteiger partial charge in [0, 0.05) is 12.5 Å². The van der Waals surface area contributed by atoms with E-state index in [0.717, 1.165) is 5.69 Å². The number of methoxy groups -OCH3 is 1. The summed E-state index contributed by atoms with van der Waals surface area (Å²) in [5.41, 5.74) is 2.82. The molecule has 102 valence electrons. The molecule has 0 saturated carbocycles. The molecule has 0 unspecified atom stereocenters. The maximum absolute atomic E-state index is 11.9. The molecule has 0 fully saturated rings. The molecule has 2 rings (SSSR count). The summed E-state index contributed by atoms with van der Waals surface area (Å²) in [4.78, 5) is 16.1. The lowest BCUT2D eigenvalue weighted by molar-refractivity contribution is 0.182. The van der Waals surface area contributed by atoms with Crippen molar-refractivity contribution in [2.45, 2.75) is 13.1 Å². The summed E-state index contributed by atoms with van der Waals surface area (Å²) in [5, 5.41) is 9.13. The zero-order valence-electron chi connectivity index (χ0n) is 10.3. The third-order valence-electron chi connectivity index (χ3n) is 2.44. The minimum atomic E-state index is -0.331. The van der Waals surface area contributed by atoms with Crippen LogP contribution in [0.4, 0.5) is 5.69 Å². The predicted octanol–water partition coefficient (Wildman–Crippen LogP) is 1.61. The van der Waals surface area contributed by atoms with Crippen LogP contribution >= 0.6 is 22.9 Å². The summed E-state index contributed by atoms with van der Waals surface area (Å²) >= 11 is 7.54. The van der Waals surface area contributed by atoms with Crippen molar-refractivity contribution in [1.29, 1.82) is 0 Å². The van der Waals surface area contributed by atoms with E-state index in [0.29, 0.717) is 25.4 Å². The molecule has 0 aliphatic carbocycles. The number of aromatic nitrogens is 3. The van der Waals surface area contributed by atoms with Gasteiger partial charge in [0.2, 0.25) is 0 Å². The summed E-state index contributed by atoms with van der Waals surface area (Å²) < 4.78 is 6.18. The summed E-state index contributed by atoms with van der Waals surface area (Å²) in [7, 11) is 1.57. The second kappa shape index (κ2) is 6.65. The van der Waals surface area contributed by atoms with Crippen LogP contribution in [0.25, 0.3) is 0 Å². The molecular weight excluding hydrogens is 288 g/mol. The number of hydrogen-bond donors (Lipinski definition) is 1. The Labute approximate surface area is 119 Å². The third kappa shape index (κ3) is 3.52. The first-order chi connectivity index (χ1) is 9.22. The molecule has 0 aromatic carbocycles. The number of anilines is 1. The van der Waals surface area contributed by atoms with Gasteiger partial charge in [0.1, 0.15) is 5.02 Å². The van der Waals surface area contributed by atoms with Crippen molar-refractivity contribution in [2.75, 3.05) is 19.0 Å². The fourth-order valence-electron chi connectivity index (χ4n) is 1.44. The van der Waals surface area contributed by atoms with Crippen LogP contribution in [-0.2, 0) is 17.8 Å². The second-order valence-corrected chi connectivity index (χ2v) is 4.82. The number of rotatable bonds is 6. The van der Waals surface area contributed by atoms with Gasteiger partial charge in [-0.1, -0.05) is 11.6 Å². The van der Waals surface area contributed by atoms with Crippen LogP contribution in [0.15, 0.2) is 21.9 Å². The lowest BCUT2D eigenvalue weighted by Gasteiger charge is -2.09. The Morgan fingerprint density at radius 1 is 1.58 bits per heavy atom. The molecule has 0 spiro atoms. The van der Waals surface area contributed by atoms with Gasteiger partial charge in [-0.25, -0.2) is 9.67 Å². The van der Waals surface area contributed by atoms with E-state index in [4.69, 9.17) is 16.3 Å². The molecule has 0 bridgehead atoms. The number of nitrogens with one attached hydrogen (secondary N) is 1. The fraction of sp³-hybridized carbons (Fsp3) is 0.364. The number of hydrogen-bond acceptors (Lipinski definition) is 6. The Balaban J connectivity index is 2.09. The topological polar surface area (TPSA) is 69.0 Å². The molecule has 2 heterocycles. The van der Waals surface area contributed by atoms with Crippen LogP contribution in [-0.4, -0.2) is 28.5 Å². The average Bonchev–Trinajstić information content (AvgIpc) is 2.92. The van der Waals surface area contributed by atoms with Gasteiger partial charge in [-0.2, -0.15) is 5.10 Å². The van der Waals surface area contributed by atoms with Crippen LogP contribution in [0, 0.1) is 0 Å². The maximum atomic E-state index is 11.9. The maximum Gasteiger partial charge on any atom is 0.287 e. The van der Waals surface area contributed by atoms with E-state index >= 15 is 0 Å². The van der Waals surface area contributed by atoms with Gasteiger partial charge in [-0.15, -0.1) is 11.3 Å². The molecule has 0 atom stereocenters. The van der Waals surface area contributed by atoms with Gasteiger partial charge >= 0.3 is 0 Å². The molecule has 6 nitrogen and oxygen atoms in total. The van der Waals surface area contributed by atoms with Gasteiger partial charge < -0.3 is 10.1 Å².